The molecule has 2 aliphatic heterocycles. The molecule has 2 saturated heterocycles. The van der Waals surface area contributed by atoms with E-state index in [9.17, 15) is 18.0 Å². The van der Waals surface area contributed by atoms with Gasteiger partial charge in [-0.25, -0.2) is 9.98 Å². The standard InChI is InChI=1S/C19H29F3N6OS/c1-3-23-18(24-12-16-25-15(13-30-16)19(20,21)22)28-10-8-26(9-11-28)14(2)17(29)27-6-4-5-7-27/h13-14H,3-12H2,1-2H3,(H,23,24). The van der Waals surface area contributed by atoms with Gasteiger partial charge in [0.25, 0.3) is 0 Å². The Morgan fingerprint density at radius 3 is 2.43 bits per heavy atom. The van der Waals surface area contributed by atoms with Gasteiger partial charge in [0.2, 0.25) is 5.91 Å². The van der Waals surface area contributed by atoms with Gasteiger partial charge in [-0.3, -0.25) is 9.69 Å². The molecule has 1 unspecified atom stereocenters. The van der Waals surface area contributed by atoms with Gasteiger partial charge in [-0.15, -0.1) is 11.3 Å². The van der Waals surface area contributed by atoms with Gasteiger partial charge in [-0.05, 0) is 26.7 Å². The Bertz CT molecular complexity index is 739. The summed E-state index contributed by atoms with van der Waals surface area (Å²) in [5.74, 6) is 0.866. The second-order valence-corrected chi connectivity index (χ2v) is 8.47. The number of nitrogens with one attached hydrogen (secondary N) is 1. The van der Waals surface area contributed by atoms with Crippen LogP contribution >= 0.6 is 11.3 Å². The number of hydrogen-bond acceptors (Lipinski definition) is 5. The van der Waals surface area contributed by atoms with Crippen molar-refractivity contribution in [2.75, 3.05) is 45.8 Å². The van der Waals surface area contributed by atoms with Crippen molar-refractivity contribution >= 4 is 23.2 Å². The lowest BCUT2D eigenvalue weighted by Gasteiger charge is -2.39. The summed E-state index contributed by atoms with van der Waals surface area (Å²) in [6.07, 6.45) is -2.26. The summed E-state index contributed by atoms with van der Waals surface area (Å²) >= 11 is 0.968. The van der Waals surface area contributed by atoms with Crippen LogP contribution in [0.5, 0.6) is 0 Å². The summed E-state index contributed by atoms with van der Waals surface area (Å²) < 4.78 is 38.2. The van der Waals surface area contributed by atoms with Gasteiger partial charge >= 0.3 is 6.18 Å². The van der Waals surface area contributed by atoms with Crippen LogP contribution in [0.1, 0.15) is 37.4 Å². The van der Waals surface area contributed by atoms with Crippen molar-refractivity contribution in [2.45, 2.75) is 45.5 Å². The molecular formula is C19H29F3N6OS. The zero-order valence-corrected chi connectivity index (χ0v) is 18.2. The molecule has 0 aliphatic carbocycles. The quantitative estimate of drug-likeness (QED) is 0.555. The average molecular weight is 447 g/mol. The molecule has 11 heteroatoms. The number of aromatic nitrogens is 1. The molecule has 0 bridgehead atoms. The number of piperazine rings is 1. The van der Waals surface area contributed by atoms with Crippen LogP contribution in [0.15, 0.2) is 10.4 Å². The minimum atomic E-state index is -4.43. The normalized spacial score (nSPS) is 20.0. The van der Waals surface area contributed by atoms with Gasteiger partial charge in [0, 0.05) is 51.2 Å². The van der Waals surface area contributed by atoms with Gasteiger partial charge in [-0.1, -0.05) is 0 Å². The van der Waals surface area contributed by atoms with E-state index in [0.29, 0.717) is 30.6 Å². The average Bonchev–Trinajstić information content (AvgIpc) is 3.42. The summed E-state index contributed by atoms with van der Waals surface area (Å²) in [6.45, 7) is 9.28. The van der Waals surface area contributed by atoms with Gasteiger partial charge in [0.05, 0.1) is 12.6 Å². The van der Waals surface area contributed by atoms with E-state index < -0.39 is 11.9 Å². The highest BCUT2D eigenvalue weighted by molar-refractivity contribution is 7.09. The van der Waals surface area contributed by atoms with E-state index in [4.69, 9.17) is 0 Å². The number of guanidine groups is 1. The van der Waals surface area contributed by atoms with Crippen molar-refractivity contribution < 1.29 is 18.0 Å². The lowest BCUT2D eigenvalue weighted by molar-refractivity contribution is -0.140. The van der Waals surface area contributed by atoms with Gasteiger partial charge in [0.15, 0.2) is 11.7 Å². The fourth-order valence-corrected chi connectivity index (χ4v) is 4.49. The molecule has 1 amide bonds. The van der Waals surface area contributed by atoms with Gasteiger partial charge in [-0.2, -0.15) is 13.2 Å². The summed E-state index contributed by atoms with van der Waals surface area (Å²) in [5.41, 5.74) is -0.868. The number of thiazole rings is 1. The topological polar surface area (TPSA) is 64.1 Å². The van der Waals surface area contributed by atoms with Crippen molar-refractivity contribution in [1.82, 2.24) is 25.0 Å². The molecule has 1 atom stereocenters. The van der Waals surface area contributed by atoms with Crippen LogP contribution < -0.4 is 5.32 Å². The first-order chi connectivity index (χ1) is 14.3. The highest BCUT2D eigenvalue weighted by Crippen LogP contribution is 2.30. The third kappa shape index (κ3) is 5.63. The van der Waals surface area contributed by atoms with Crippen molar-refractivity contribution in [2.24, 2.45) is 4.99 Å². The number of likely N-dealkylation sites (tertiary alicyclic amines) is 1. The van der Waals surface area contributed by atoms with Crippen molar-refractivity contribution in [1.29, 1.82) is 0 Å². The van der Waals surface area contributed by atoms with Crippen LogP contribution in [0.2, 0.25) is 0 Å². The third-order valence-electron chi connectivity index (χ3n) is 5.48. The van der Waals surface area contributed by atoms with E-state index in [0.717, 1.165) is 55.7 Å². The molecule has 3 rings (SSSR count). The van der Waals surface area contributed by atoms with Crippen LogP contribution in [0, 0.1) is 0 Å². The first-order valence-electron chi connectivity index (χ1n) is 10.4. The molecule has 0 radical (unpaired) electrons. The predicted octanol–water partition coefficient (Wildman–Crippen LogP) is 2.26. The predicted molar refractivity (Wildman–Crippen MR) is 110 cm³/mol. The number of carbonyl (C=O) groups excluding carboxylic acids is 1. The molecule has 7 nitrogen and oxygen atoms in total. The molecule has 0 saturated carbocycles. The molecule has 0 aromatic carbocycles. The zero-order chi connectivity index (χ0) is 21.7. The molecular weight excluding hydrogens is 417 g/mol. The van der Waals surface area contributed by atoms with Crippen LogP contribution in [-0.2, 0) is 17.5 Å². The molecule has 30 heavy (non-hydrogen) atoms. The third-order valence-corrected chi connectivity index (χ3v) is 6.31. The Morgan fingerprint density at radius 1 is 1.20 bits per heavy atom. The first-order valence-corrected chi connectivity index (χ1v) is 11.2. The van der Waals surface area contributed by atoms with E-state index in [1.54, 1.807) is 0 Å². The highest BCUT2D eigenvalue weighted by atomic mass is 32.1. The summed E-state index contributed by atoms with van der Waals surface area (Å²) in [7, 11) is 0. The van der Waals surface area contributed by atoms with Crippen LogP contribution in [0.4, 0.5) is 13.2 Å². The van der Waals surface area contributed by atoms with Gasteiger partial charge < -0.3 is 15.1 Å². The van der Waals surface area contributed by atoms with Crippen molar-refractivity contribution in [3.8, 4) is 0 Å². The minimum Gasteiger partial charge on any atom is -0.357 e. The molecule has 0 spiro atoms. The lowest BCUT2D eigenvalue weighted by atomic mass is 10.2. The number of halogens is 3. The summed E-state index contributed by atoms with van der Waals surface area (Å²) in [4.78, 5) is 27.0. The zero-order valence-electron chi connectivity index (χ0n) is 17.4. The molecule has 3 heterocycles. The minimum absolute atomic E-state index is 0.104. The number of nitrogens with zero attached hydrogens (tertiary/aromatic N) is 5. The number of rotatable bonds is 5. The maximum Gasteiger partial charge on any atom is 0.434 e. The summed E-state index contributed by atoms with van der Waals surface area (Å²) in [6, 6.07) is -0.138. The molecule has 168 valence electrons. The Morgan fingerprint density at radius 2 is 1.87 bits per heavy atom. The number of carbonyl (C=O) groups is 1. The molecule has 1 aromatic rings. The first kappa shape index (κ1) is 22.8. The molecule has 1 N–H and O–H groups in total. The number of hydrogen-bond donors (Lipinski definition) is 1. The van der Waals surface area contributed by atoms with E-state index in [1.807, 2.05) is 18.7 Å². The Labute approximate surface area is 179 Å². The Hall–Kier alpha value is -1.88. The Balaban J connectivity index is 1.56. The molecule has 2 aliphatic rings. The van der Waals surface area contributed by atoms with Crippen LogP contribution in [0.25, 0.3) is 0 Å². The highest BCUT2D eigenvalue weighted by Gasteiger charge is 2.34. The maximum absolute atomic E-state index is 12.7. The number of aliphatic imine (C=N–C) groups is 1. The Kier molecular flexibility index (Phi) is 7.56. The van der Waals surface area contributed by atoms with E-state index in [1.165, 1.54) is 0 Å². The fraction of sp³-hybridized carbons (Fsp3) is 0.737. The largest absolute Gasteiger partial charge is 0.434 e. The maximum atomic E-state index is 12.7. The van der Waals surface area contributed by atoms with Crippen molar-refractivity contribution in [3.63, 3.8) is 0 Å². The second-order valence-electron chi connectivity index (χ2n) is 7.53. The molecule has 2 fully saturated rings. The lowest BCUT2D eigenvalue weighted by Crippen LogP contribution is -2.57. The van der Waals surface area contributed by atoms with E-state index in [-0.39, 0.29) is 18.5 Å². The van der Waals surface area contributed by atoms with Crippen molar-refractivity contribution in [3.05, 3.63) is 16.1 Å². The monoisotopic (exact) mass is 446 g/mol. The second kappa shape index (κ2) is 9.95. The van der Waals surface area contributed by atoms with Crippen LogP contribution in [0.3, 0.4) is 0 Å². The number of amides is 1. The SMILES string of the molecule is CCNC(=NCc1nc(C(F)(F)F)cs1)N1CCN(C(C)C(=O)N2CCCC2)CC1. The van der Waals surface area contributed by atoms with E-state index >= 15 is 0 Å². The fourth-order valence-electron chi connectivity index (χ4n) is 3.76. The smallest absolute Gasteiger partial charge is 0.357 e. The summed E-state index contributed by atoms with van der Waals surface area (Å²) in [5, 5.41) is 4.57. The van der Waals surface area contributed by atoms with Gasteiger partial charge in [0.1, 0.15) is 5.01 Å². The van der Waals surface area contributed by atoms with E-state index in [2.05, 4.69) is 25.1 Å². The number of alkyl halides is 3. The molecule has 1 aromatic heterocycles. The van der Waals surface area contributed by atoms with Crippen LogP contribution in [-0.4, -0.2) is 83.4 Å².